The quantitative estimate of drug-likeness (QED) is 0.619. The lowest BCUT2D eigenvalue weighted by atomic mass is 10.1. The minimum Gasteiger partial charge on any atom is -0.467 e. The van der Waals surface area contributed by atoms with Crippen molar-refractivity contribution in [2.75, 3.05) is 27.7 Å². The summed E-state index contributed by atoms with van der Waals surface area (Å²) in [6, 6.07) is -0.740. The SMILES string of the molecule is COC(=O)C(CCC(=O)CCN(C)C)NC(C)=O. The summed E-state index contributed by atoms with van der Waals surface area (Å²) in [5, 5.41) is 2.47. The van der Waals surface area contributed by atoms with Crippen molar-refractivity contribution in [3.8, 4) is 0 Å². The molecular formula is C12H22N2O4. The number of nitrogens with zero attached hydrogens (tertiary/aromatic N) is 1. The number of ketones is 1. The lowest BCUT2D eigenvalue weighted by Crippen LogP contribution is -2.40. The Kier molecular flexibility index (Phi) is 7.94. The number of carbonyl (C=O) groups is 3. The molecule has 6 heteroatoms. The molecule has 1 amide bonds. The first-order chi connectivity index (χ1) is 8.36. The number of nitrogens with one attached hydrogen (secondary N) is 1. The number of amides is 1. The van der Waals surface area contributed by atoms with E-state index in [2.05, 4.69) is 10.1 Å². The third kappa shape index (κ3) is 7.78. The average Bonchev–Trinajstić information content (AvgIpc) is 2.30. The Balaban J connectivity index is 4.13. The highest BCUT2D eigenvalue weighted by atomic mass is 16.5. The monoisotopic (exact) mass is 258 g/mol. The van der Waals surface area contributed by atoms with Gasteiger partial charge < -0.3 is 15.0 Å². The van der Waals surface area contributed by atoms with Gasteiger partial charge >= 0.3 is 5.97 Å². The second-order valence-corrected chi connectivity index (χ2v) is 4.41. The molecule has 0 aliphatic heterocycles. The Bertz CT molecular complexity index is 302. The van der Waals surface area contributed by atoms with Crippen LogP contribution < -0.4 is 5.32 Å². The van der Waals surface area contributed by atoms with Crippen LogP contribution in [-0.4, -0.2) is 56.4 Å². The topological polar surface area (TPSA) is 75.7 Å². The fourth-order valence-corrected chi connectivity index (χ4v) is 1.42. The van der Waals surface area contributed by atoms with Gasteiger partial charge in [-0.3, -0.25) is 9.59 Å². The Morgan fingerprint density at radius 2 is 1.83 bits per heavy atom. The highest BCUT2D eigenvalue weighted by Gasteiger charge is 2.20. The number of Topliss-reactive ketones (excluding diaryl/α,β-unsaturated/α-hetero) is 1. The van der Waals surface area contributed by atoms with Crippen LogP contribution in [-0.2, 0) is 19.1 Å². The molecule has 104 valence electrons. The van der Waals surface area contributed by atoms with Crippen molar-refractivity contribution >= 4 is 17.7 Å². The molecule has 1 N–H and O–H groups in total. The molecular weight excluding hydrogens is 236 g/mol. The summed E-state index contributed by atoms with van der Waals surface area (Å²) in [5.74, 6) is -0.764. The first-order valence-corrected chi connectivity index (χ1v) is 5.88. The summed E-state index contributed by atoms with van der Waals surface area (Å²) >= 11 is 0. The molecule has 0 aliphatic rings. The van der Waals surface area contributed by atoms with E-state index in [9.17, 15) is 14.4 Å². The van der Waals surface area contributed by atoms with E-state index < -0.39 is 12.0 Å². The molecule has 0 spiro atoms. The van der Waals surface area contributed by atoms with Gasteiger partial charge in [-0.15, -0.1) is 0 Å². The lowest BCUT2D eigenvalue weighted by molar-refractivity contribution is -0.145. The molecule has 0 radical (unpaired) electrons. The zero-order valence-corrected chi connectivity index (χ0v) is 11.5. The summed E-state index contributed by atoms with van der Waals surface area (Å²) in [6.07, 6.45) is 0.980. The van der Waals surface area contributed by atoms with Crippen molar-refractivity contribution in [3.63, 3.8) is 0 Å². The number of methoxy groups -OCH3 is 1. The van der Waals surface area contributed by atoms with E-state index >= 15 is 0 Å². The Morgan fingerprint density at radius 3 is 2.28 bits per heavy atom. The molecule has 0 aromatic carbocycles. The van der Waals surface area contributed by atoms with Crippen molar-refractivity contribution in [2.24, 2.45) is 0 Å². The summed E-state index contributed by atoms with van der Waals surface area (Å²) in [5.41, 5.74) is 0. The standard InChI is InChI=1S/C12H22N2O4/c1-9(15)13-11(12(17)18-4)6-5-10(16)7-8-14(2)3/h11H,5-8H2,1-4H3,(H,13,15). The van der Waals surface area contributed by atoms with Gasteiger partial charge in [-0.2, -0.15) is 0 Å². The molecule has 0 aromatic rings. The van der Waals surface area contributed by atoms with Gasteiger partial charge in [0, 0.05) is 26.3 Å². The molecule has 0 saturated heterocycles. The predicted molar refractivity (Wildman–Crippen MR) is 67.0 cm³/mol. The fraction of sp³-hybridized carbons (Fsp3) is 0.750. The maximum Gasteiger partial charge on any atom is 0.328 e. The summed E-state index contributed by atoms with van der Waals surface area (Å²) < 4.78 is 4.57. The molecule has 0 rings (SSSR count). The second-order valence-electron chi connectivity index (χ2n) is 4.41. The molecule has 0 aromatic heterocycles. The third-order valence-electron chi connectivity index (χ3n) is 2.41. The van der Waals surface area contributed by atoms with E-state index in [-0.39, 0.29) is 24.5 Å². The van der Waals surface area contributed by atoms with Gasteiger partial charge in [0.25, 0.3) is 0 Å². The number of carbonyl (C=O) groups excluding carboxylic acids is 3. The van der Waals surface area contributed by atoms with Crippen molar-refractivity contribution in [1.82, 2.24) is 10.2 Å². The van der Waals surface area contributed by atoms with E-state index in [1.807, 2.05) is 19.0 Å². The first kappa shape index (κ1) is 16.6. The van der Waals surface area contributed by atoms with Crippen molar-refractivity contribution in [1.29, 1.82) is 0 Å². The van der Waals surface area contributed by atoms with Gasteiger partial charge in [-0.25, -0.2) is 4.79 Å². The Morgan fingerprint density at radius 1 is 1.22 bits per heavy atom. The van der Waals surface area contributed by atoms with Gasteiger partial charge in [-0.1, -0.05) is 0 Å². The van der Waals surface area contributed by atoms with Crippen LogP contribution in [0.2, 0.25) is 0 Å². The molecule has 0 fully saturated rings. The van der Waals surface area contributed by atoms with Crippen molar-refractivity contribution in [2.45, 2.75) is 32.2 Å². The van der Waals surface area contributed by atoms with Crippen LogP contribution >= 0.6 is 0 Å². The van der Waals surface area contributed by atoms with Gasteiger partial charge in [0.05, 0.1) is 7.11 Å². The molecule has 6 nitrogen and oxygen atoms in total. The normalized spacial score (nSPS) is 12.1. The highest BCUT2D eigenvalue weighted by Crippen LogP contribution is 2.03. The molecule has 1 atom stereocenters. The van der Waals surface area contributed by atoms with E-state index in [0.29, 0.717) is 13.0 Å². The minimum atomic E-state index is -0.740. The van der Waals surface area contributed by atoms with Gasteiger partial charge in [0.1, 0.15) is 11.8 Å². The molecule has 1 unspecified atom stereocenters. The zero-order chi connectivity index (χ0) is 14.1. The number of esters is 1. The third-order valence-corrected chi connectivity index (χ3v) is 2.41. The van der Waals surface area contributed by atoms with Gasteiger partial charge in [-0.05, 0) is 20.5 Å². The zero-order valence-electron chi connectivity index (χ0n) is 11.5. The van der Waals surface area contributed by atoms with Gasteiger partial charge in [0.2, 0.25) is 5.91 Å². The van der Waals surface area contributed by atoms with Crippen LogP contribution in [0.15, 0.2) is 0 Å². The van der Waals surface area contributed by atoms with E-state index in [4.69, 9.17) is 0 Å². The predicted octanol–water partition coefficient (Wildman–Crippen LogP) is -0.0349. The number of hydrogen-bond acceptors (Lipinski definition) is 5. The Labute approximate surface area is 108 Å². The van der Waals surface area contributed by atoms with Crippen LogP contribution in [0.5, 0.6) is 0 Å². The summed E-state index contributed by atoms with van der Waals surface area (Å²) in [4.78, 5) is 35.8. The largest absolute Gasteiger partial charge is 0.467 e. The van der Waals surface area contributed by atoms with E-state index in [0.717, 1.165) is 0 Å². The maximum atomic E-state index is 11.6. The second kappa shape index (κ2) is 8.63. The number of hydrogen-bond donors (Lipinski definition) is 1. The molecule has 0 saturated carbocycles. The van der Waals surface area contributed by atoms with Crippen LogP contribution in [0, 0.1) is 0 Å². The smallest absolute Gasteiger partial charge is 0.328 e. The van der Waals surface area contributed by atoms with Crippen LogP contribution in [0.25, 0.3) is 0 Å². The molecule has 0 bridgehead atoms. The van der Waals surface area contributed by atoms with Crippen LogP contribution in [0.1, 0.15) is 26.2 Å². The van der Waals surface area contributed by atoms with Gasteiger partial charge in [0.15, 0.2) is 0 Å². The van der Waals surface area contributed by atoms with Crippen molar-refractivity contribution < 1.29 is 19.1 Å². The fourth-order valence-electron chi connectivity index (χ4n) is 1.42. The van der Waals surface area contributed by atoms with Crippen molar-refractivity contribution in [3.05, 3.63) is 0 Å². The van der Waals surface area contributed by atoms with E-state index in [1.54, 1.807) is 0 Å². The number of rotatable bonds is 8. The lowest BCUT2D eigenvalue weighted by Gasteiger charge is -2.15. The number of ether oxygens (including phenoxy) is 1. The Hall–Kier alpha value is -1.43. The van der Waals surface area contributed by atoms with E-state index in [1.165, 1.54) is 14.0 Å². The highest BCUT2D eigenvalue weighted by molar-refractivity contribution is 5.84. The molecule has 0 aliphatic carbocycles. The van der Waals surface area contributed by atoms with Crippen LogP contribution in [0.4, 0.5) is 0 Å². The first-order valence-electron chi connectivity index (χ1n) is 5.88. The summed E-state index contributed by atoms with van der Waals surface area (Å²) in [7, 11) is 5.04. The summed E-state index contributed by atoms with van der Waals surface area (Å²) in [6.45, 7) is 2.01. The molecule has 0 heterocycles. The average molecular weight is 258 g/mol. The molecule has 18 heavy (non-hydrogen) atoms. The van der Waals surface area contributed by atoms with Crippen LogP contribution in [0.3, 0.4) is 0 Å². The minimum absolute atomic E-state index is 0.0722. The maximum absolute atomic E-state index is 11.6.